The van der Waals surface area contributed by atoms with Crippen LogP contribution in [0.2, 0.25) is 0 Å². The van der Waals surface area contributed by atoms with Crippen LogP contribution in [0.4, 0.5) is 5.69 Å². The standard InChI is InChI=1S/C34H49N3O6/c1-6-20-35(21-7-2)30(39)27-28-31(40)37(23-12-10-11-13-24-38)29(34(28)19-18-33(27,9-4)43-34)32(41)36(22-8-3)25-14-16-26(42-5)17-15-25/h6,8,14-17,27-29,38H,1,3,7,9-13,18-24H2,2,4-5H3/t27-,28+,29?,33+,34?/m1/s1. The van der Waals surface area contributed by atoms with Gasteiger partial charge in [0.1, 0.15) is 17.4 Å². The van der Waals surface area contributed by atoms with E-state index in [4.69, 9.17) is 9.47 Å². The average Bonchev–Trinajstić information content (AvgIpc) is 3.62. The lowest BCUT2D eigenvalue weighted by atomic mass is 9.64. The van der Waals surface area contributed by atoms with Crippen molar-refractivity contribution < 1.29 is 29.0 Å². The summed E-state index contributed by atoms with van der Waals surface area (Å²) in [7, 11) is 1.59. The van der Waals surface area contributed by atoms with Crippen LogP contribution < -0.4 is 9.64 Å². The first kappa shape index (κ1) is 32.7. The fourth-order valence-corrected chi connectivity index (χ4v) is 7.64. The van der Waals surface area contributed by atoms with Crippen molar-refractivity contribution in [2.45, 2.75) is 82.5 Å². The first-order valence-corrected chi connectivity index (χ1v) is 15.9. The van der Waals surface area contributed by atoms with Gasteiger partial charge in [0.15, 0.2) is 0 Å². The van der Waals surface area contributed by atoms with Gasteiger partial charge in [0, 0.05) is 38.5 Å². The fraction of sp³-hybridized carbons (Fsp3) is 0.618. The van der Waals surface area contributed by atoms with Gasteiger partial charge in [-0.2, -0.15) is 0 Å². The Kier molecular flexibility index (Phi) is 10.7. The third kappa shape index (κ3) is 5.86. The number of ether oxygens (including phenoxy) is 2. The lowest BCUT2D eigenvalue weighted by molar-refractivity contribution is -0.151. The van der Waals surface area contributed by atoms with Gasteiger partial charge < -0.3 is 29.3 Å². The summed E-state index contributed by atoms with van der Waals surface area (Å²) in [5, 5.41) is 9.23. The molecule has 1 aromatic carbocycles. The summed E-state index contributed by atoms with van der Waals surface area (Å²) in [5.74, 6) is -1.20. The lowest BCUT2D eigenvalue weighted by Crippen LogP contribution is -2.56. The Morgan fingerprint density at radius 3 is 2.37 bits per heavy atom. The molecule has 3 aliphatic heterocycles. The van der Waals surface area contributed by atoms with Gasteiger partial charge >= 0.3 is 0 Å². The fourth-order valence-electron chi connectivity index (χ4n) is 7.64. The molecule has 2 unspecified atom stereocenters. The van der Waals surface area contributed by atoms with E-state index in [0.29, 0.717) is 63.2 Å². The van der Waals surface area contributed by atoms with Crippen LogP contribution in [0, 0.1) is 11.8 Å². The highest BCUT2D eigenvalue weighted by atomic mass is 16.5. The zero-order valence-corrected chi connectivity index (χ0v) is 26.1. The van der Waals surface area contributed by atoms with Gasteiger partial charge in [-0.05, 0) is 62.8 Å². The van der Waals surface area contributed by atoms with Crippen molar-refractivity contribution in [1.82, 2.24) is 9.80 Å². The van der Waals surface area contributed by atoms with E-state index in [1.54, 1.807) is 46.1 Å². The Bertz CT molecular complexity index is 1170. The topological polar surface area (TPSA) is 99.6 Å². The molecule has 3 aliphatic rings. The second-order valence-electron chi connectivity index (χ2n) is 12.0. The normalized spacial score (nSPS) is 27.2. The SMILES string of the molecule is C=CCN(CCC)C(=O)[C@H]1[C@H]2C(=O)N(CCCCCCO)C(C(=O)N(CC=C)c3ccc(OC)cc3)C23CC[C@]1(CC)O3. The van der Waals surface area contributed by atoms with E-state index >= 15 is 0 Å². The van der Waals surface area contributed by atoms with Gasteiger partial charge in [-0.1, -0.05) is 38.8 Å². The summed E-state index contributed by atoms with van der Waals surface area (Å²) >= 11 is 0. The minimum Gasteiger partial charge on any atom is -0.497 e. The quantitative estimate of drug-likeness (QED) is 0.212. The number of nitrogens with zero attached hydrogens (tertiary/aromatic N) is 3. The van der Waals surface area contributed by atoms with Gasteiger partial charge in [-0.25, -0.2) is 0 Å². The Hall–Kier alpha value is -3.17. The first-order valence-electron chi connectivity index (χ1n) is 15.9. The van der Waals surface area contributed by atoms with E-state index in [0.717, 1.165) is 19.3 Å². The van der Waals surface area contributed by atoms with Crippen molar-refractivity contribution in [3.05, 3.63) is 49.6 Å². The van der Waals surface area contributed by atoms with Crippen LogP contribution in [-0.4, -0.2) is 89.8 Å². The number of carbonyl (C=O) groups excluding carboxylic acids is 3. The number of carbonyl (C=O) groups is 3. The molecule has 3 saturated heterocycles. The van der Waals surface area contributed by atoms with Crippen molar-refractivity contribution in [3.8, 4) is 5.75 Å². The maximum Gasteiger partial charge on any atom is 0.253 e. The summed E-state index contributed by atoms with van der Waals surface area (Å²) in [6.45, 7) is 13.5. The van der Waals surface area contributed by atoms with Crippen molar-refractivity contribution in [2.24, 2.45) is 11.8 Å². The number of hydrogen-bond donors (Lipinski definition) is 1. The number of hydrogen-bond acceptors (Lipinski definition) is 6. The molecule has 1 N–H and O–H groups in total. The number of methoxy groups -OCH3 is 1. The first-order chi connectivity index (χ1) is 20.8. The number of fused-ring (bicyclic) bond motifs is 1. The molecule has 4 rings (SSSR count). The molecule has 1 aromatic rings. The van der Waals surface area contributed by atoms with Crippen LogP contribution in [0.3, 0.4) is 0 Å². The molecule has 0 radical (unpaired) electrons. The second kappa shape index (κ2) is 14.1. The number of benzene rings is 1. The van der Waals surface area contributed by atoms with Crippen LogP contribution in [0.15, 0.2) is 49.6 Å². The van der Waals surface area contributed by atoms with Gasteiger partial charge in [0.05, 0.1) is 24.5 Å². The van der Waals surface area contributed by atoms with E-state index in [1.807, 2.05) is 26.0 Å². The summed E-state index contributed by atoms with van der Waals surface area (Å²) < 4.78 is 12.3. The maximum absolute atomic E-state index is 14.7. The van der Waals surface area contributed by atoms with Crippen LogP contribution in [0.5, 0.6) is 5.75 Å². The molecule has 0 saturated carbocycles. The van der Waals surface area contributed by atoms with E-state index in [1.165, 1.54) is 0 Å². The molecule has 9 nitrogen and oxygen atoms in total. The highest BCUT2D eigenvalue weighted by Gasteiger charge is 2.79. The highest BCUT2D eigenvalue weighted by molar-refractivity contribution is 6.05. The van der Waals surface area contributed by atoms with Crippen LogP contribution in [-0.2, 0) is 19.1 Å². The van der Waals surface area contributed by atoms with Crippen LogP contribution in [0.25, 0.3) is 0 Å². The van der Waals surface area contributed by atoms with Crippen LogP contribution in [0.1, 0.15) is 65.2 Å². The minimum atomic E-state index is -1.09. The van der Waals surface area contributed by atoms with Crippen molar-refractivity contribution in [3.63, 3.8) is 0 Å². The zero-order chi connectivity index (χ0) is 31.2. The average molecular weight is 596 g/mol. The van der Waals surface area contributed by atoms with E-state index in [-0.39, 0.29) is 30.9 Å². The maximum atomic E-state index is 14.7. The summed E-state index contributed by atoms with van der Waals surface area (Å²) in [6.07, 6.45) is 8.98. The molecule has 43 heavy (non-hydrogen) atoms. The Morgan fingerprint density at radius 2 is 1.77 bits per heavy atom. The monoisotopic (exact) mass is 595 g/mol. The summed E-state index contributed by atoms with van der Waals surface area (Å²) in [6, 6.07) is 6.40. The molecule has 3 heterocycles. The third-order valence-electron chi connectivity index (χ3n) is 9.60. The zero-order valence-electron chi connectivity index (χ0n) is 26.1. The molecule has 1 spiro atoms. The molecule has 9 heteroatoms. The summed E-state index contributed by atoms with van der Waals surface area (Å²) in [5.41, 5.74) is -1.21. The number of likely N-dealkylation sites (tertiary alicyclic amines) is 1. The van der Waals surface area contributed by atoms with Gasteiger partial charge in [0.25, 0.3) is 5.91 Å². The molecular formula is C34H49N3O6. The minimum absolute atomic E-state index is 0.0855. The second-order valence-corrected chi connectivity index (χ2v) is 12.0. The van der Waals surface area contributed by atoms with Crippen molar-refractivity contribution >= 4 is 23.4 Å². The Labute approximate surface area is 256 Å². The number of amides is 3. The number of aliphatic hydroxyl groups excluding tert-OH is 1. The molecule has 2 bridgehead atoms. The lowest BCUT2D eigenvalue weighted by Gasteiger charge is -2.37. The predicted octanol–water partition coefficient (Wildman–Crippen LogP) is 4.35. The molecular weight excluding hydrogens is 546 g/mol. The molecule has 3 fully saturated rings. The van der Waals surface area contributed by atoms with E-state index in [2.05, 4.69) is 13.2 Å². The summed E-state index contributed by atoms with van der Waals surface area (Å²) in [4.78, 5) is 48.7. The van der Waals surface area contributed by atoms with Crippen molar-refractivity contribution in [1.29, 1.82) is 0 Å². The number of anilines is 1. The molecule has 0 aliphatic carbocycles. The van der Waals surface area contributed by atoms with Gasteiger partial charge in [0.2, 0.25) is 11.8 Å². The molecule has 3 amide bonds. The molecule has 0 aromatic heterocycles. The smallest absolute Gasteiger partial charge is 0.253 e. The highest BCUT2D eigenvalue weighted by Crippen LogP contribution is 2.64. The Balaban J connectivity index is 1.77. The molecule has 236 valence electrons. The van der Waals surface area contributed by atoms with Crippen molar-refractivity contribution in [2.75, 3.05) is 44.8 Å². The van der Waals surface area contributed by atoms with Gasteiger partial charge in [-0.3, -0.25) is 14.4 Å². The van der Waals surface area contributed by atoms with E-state index < -0.39 is 29.1 Å². The van der Waals surface area contributed by atoms with Crippen LogP contribution >= 0.6 is 0 Å². The third-order valence-corrected chi connectivity index (χ3v) is 9.60. The number of aliphatic hydroxyl groups is 1. The van der Waals surface area contributed by atoms with Gasteiger partial charge in [-0.15, -0.1) is 13.2 Å². The number of rotatable bonds is 17. The Morgan fingerprint density at radius 1 is 1.07 bits per heavy atom. The molecule has 5 atom stereocenters. The van der Waals surface area contributed by atoms with E-state index in [9.17, 15) is 19.5 Å². The predicted molar refractivity (Wildman–Crippen MR) is 167 cm³/mol. The number of unbranched alkanes of at least 4 members (excludes halogenated alkanes) is 3. The largest absolute Gasteiger partial charge is 0.497 e.